The van der Waals surface area contributed by atoms with Crippen LogP contribution < -0.4 is 20.4 Å². The van der Waals surface area contributed by atoms with Crippen molar-refractivity contribution in [2.75, 3.05) is 36.1 Å². The molecule has 4 rings (SSSR count). The maximum absolute atomic E-state index is 5.77. The Bertz CT molecular complexity index is 1180. The van der Waals surface area contributed by atoms with Crippen molar-refractivity contribution in [1.82, 2.24) is 30.5 Å². The lowest BCUT2D eigenvalue weighted by Crippen LogP contribution is -2.70. The van der Waals surface area contributed by atoms with Crippen LogP contribution in [0.4, 0.5) is 11.9 Å². The number of hydrogen-bond acceptors (Lipinski definition) is 9. The molecule has 0 radical (unpaired) electrons. The highest BCUT2D eigenvalue weighted by Gasteiger charge is 2.50. The van der Waals surface area contributed by atoms with E-state index in [2.05, 4.69) is 129 Å². The van der Waals surface area contributed by atoms with Gasteiger partial charge in [0.1, 0.15) is 5.82 Å². The summed E-state index contributed by atoms with van der Waals surface area (Å²) >= 11 is 0. The summed E-state index contributed by atoms with van der Waals surface area (Å²) in [5, 5.41) is 7.94. The van der Waals surface area contributed by atoms with Crippen molar-refractivity contribution >= 4 is 11.9 Å². The second-order valence-corrected chi connectivity index (χ2v) is 18.7. The molecular formula is C39H74N8O. The first-order valence-corrected chi connectivity index (χ1v) is 19.4. The number of rotatable bonds is 12. The number of nitrogens with one attached hydrogen (secondary N) is 2. The Hall–Kier alpha value is -1.55. The molecule has 2 N–H and O–H groups in total. The first kappa shape index (κ1) is 39.2. The highest BCUT2D eigenvalue weighted by atomic mass is 16.5. The lowest BCUT2D eigenvalue weighted by molar-refractivity contribution is -0.0387. The first-order chi connectivity index (χ1) is 22.1. The van der Waals surface area contributed by atoms with Crippen LogP contribution in [0.2, 0.25) is 0 Å². The van der Waals surface area contributed by atoms with Crippen LogP contribution in [0.15, 0.2) is 0 Å². The molecule has 3 saturated heterocycles. The third-order valence-corrected chi connectivity index (χ3v) is 12.3. The van der Waals surface area contributed by atoms with Gasteiger partial charge in [0.05, 0.1) is 19.4 Å². The summed E-state index contributed by atoms with van der Waals surface area (Å²) in [5.41, 5.74) is -0.124. The van der Waals surface area contributed by atoms with Crippen LogP contribution in [0.25, 0.3) is 0 Å². The van der Waals surface area contributed by atoms with Crippen molar-refractivity contribution < 1.29 is 4.74 Å². The summed E-state index contributed by atoms with van der Waals surface area (Å²) in [6, 6.07) is 0.648. The Morgan fingerprint density at radius 1 is 0.729 bits per heavy atom. The molecule has 0 bridgehead atoms. The highest BCUT2D eigenvalue weighted by molar-refractivity contribution is 5.43. The minimum Gasteiger partial charge on any atom is -0.378 e. The number of ether oxygens (including phenoxy) is 1. The molecule has 1 atom stereocenters. The van der Waals surface area contributed by atoms with Crippen molar-refractivity contribution in [3.63, 3.8) is 0 Å². The molecule has 3 aliphatic rings. The van der Waals surface area contributed by atoms with E-state index in [0.29, 0.717) is 19.3 Å². The van der Waals surface area contributed by atoms with E-state index in [1.165, 1.54) is 0 Å². The third kappa shape index (κ3) is 8.66. The molecule has 3 aliphatic heterocycles. The number of morpholine rings is 1. The SMILES string of the molecule is CCC(C)(CC)c1nc(N2CCOCC2)nc(N(C2CC(C)(C)NC(C)(C)C2)C(C)N(C2CC(C)(C)NC(C)(C)C2)C(C)(CC)CC)n1. The van der Waals surface area contributed by atoms with Gasteiger partial charge in [0.15, 0.2) is 0 Å². The van der Waals surface area contributed by atoms with Crippen LogP contribution in [0.5, 0.6) is 0 Å². The van der Waals surface area contributed by atoms with Gasteiger partial charge < -0.3 is 25.2 Å². The Morgan fingerprint density at radius 3 is 1.62 bits per heavy atom. The van der Waals surface area contributed by atoms with Gasteiger partial charge in [-0.1, -0.05) is 34.6 Å². The van der Waals surface area contributed by atoms with E-state index in [1.54, 1.807) is 0 Å². The lowest BCUT2D eigenvalue weighted by atomic mass is 9.76. The number of piperidine rings is 2. The van der Waals surface area contributed by atoms with E-state index in [4.69, 9.17) is 19.7 Å². The fraction of sp³-hybridized carbons (Fsp3) is 0.923. The van der Waals surface area contributed by atoms with Crippen LogP contribution >= 0.6 is 0 Å². The second-order valence-electron chi connectivity index (χ2n) is 18.7. The average molecular weight is 671 g/mol. The Balaban J connectivity index is 1.98. The molecule has 276 valence electrons. The van der Waals surface area contributed by atoms with Gasteiger partial charge in [-0.05, 0) is 121 Å². The van der Waals surface area contributed by atoms with E-state index in [1.807, 2.05) is 0 Å². The van der Waals surface area contributed by atoms with Gasteiger partial charge in [-0.2, -0.15) is 15.0 Å². The number of nitrogens with zero attached hydrogens (tertiary/aromatic N) is 6. The normalized spacial score (nSPS) is 24.1. The second kappa shape index (κ2) is 14.2. The zero-order valence-electron chi connectivity index (χ0n) is 33.8. The largest absolute Gasteiger partial charge is 0.378 e. The van der Waals surface area contributed by atoms with Gasteiger partial charge in [0.25, 0.3) is 0 Å². The van der Waals surface area contributed by atoms with Crippen LogP contribution in [0.3, 0.4) is 0 Å². The third-order valence-electron chi connectivity index (χ3n) is 12.3. The van der Waals surface area contributed by atoms with Gasteiger partial charge in [0.2, 0.25) is 11.9 Å². The smallest absolute Gasteiger partial charge is 0.231 e. The summed E-state index contributed by atoms with van der Waals surface area (Å²) in [5.74, 6) is 2.57. The fourth-order valence-corrected chi connectivity index (χ4v) is 9.72. The van der Waals surface area contributed by atoms with E-state index in [-0.39, 0.29) is 45.3 Å². The monoisotopic (exact) mass is 671 g/mol. The van der Waals surface area contributed by atoms with Gasteiger partial charge >= 0.3 is 0 Å². The molecule has 0 saturated carbocycles. The molecule has 1 aromatic rings. The molecule has 9 heteroatoms. The molecule has 0 aromatic carbocycles. The standard InChI is InChI=1S/C39H74N8O/c1-16-38(14,17-2)31-40-32(45-20-22-48-23-21-45)42-33(41-31)46(29-24-34(6,7)43-35(8,9)25-29)28(5)47(39(15,18-3)19-4)30-26-36(10,11)44-37(12,13)27-30/h28-30,43-44H,16-27H2,1-15H3. The number of aromatic nitrogens is 3. The first-order valence-electron chi connectivity index (χ1n) is 19.4. The van der Waals surface area contributed by atoms with Crippen molar-refractivity contribution in [1.29, 1.82) is 0 Å². The van der Waals surface area contributed by atoms with Crippen molar-refractivity contribution in [3.8, 4) is 0 Å². The summed E-state index contributed by atoms with van der Waals surface area (Å²) in [7, 11) is 0. The van der Waals surface area contributed by atoms with E-state index in [9.17, 15) is 0 Å². The predicted octanol–water partition coefficient (Wildman–Crippen LogP) is 7.44. The minimum atomic E-state index is -0.135. The summed E-state index contributed by atoms with van der Waals surface area (Å²) in [6.07, 6.45) is 8.42. The molecule has 0 spiro atoms. The van der Waals surface area contributed by atoms with Crippen molar-refractivity contribution in [3.05, 3.63) is 5.82 Å². The molecule has 1 aromatic heterocycles. The molecule has 48 heavy (non-hydrogen) atoms. The number of hydrogen-bond donors (Lipinski definition) is 2. The molecule has 4 heterocycles. The van der Waals surface area contributed by atoms with Gasteiger partial charge in [-0.25, -0.2) is 0 Å². The molecule has 0 amide bonds. The summed E-state index contributed by atoms with van der Waals surface area (Å²) in [6.45, 7) is 38.6. The summed E-state index contributed by atoms with van der Waals surface area (Å²) < 4.78 is 5.77. The Kier molecular flexibility index (Phi) is 11.6. The molecule has 0 aliphatic carbocycles. The molecule has 1 unspecified atom stereocenters. The van der Waals surface area contributed by atoms with Crippen molar-refractivity contribution in [2.45, 2.75) is 207 Å². The topological polar surface area (TPSA) is 81.7 Å². The summed E-state index contributed by atoms with van der Waals surface area (Å²) in [4.78, 5) is 24.2. The van der Waals surface area contributed by atoms with Gasteiger partial charge in [0, 0.05) is 58.3 Å². The Labute approximate surface area is 295 Å². The lowest BCUT2D eigenvalue weighted by Gasteiger charge is -2.59. The Morgan fingerprint density at radius 2 is 1.19 bits per heavy atom. The van der Waals surface area contributed by atoms with Crippen molar-refractivity contribution in [2.24, 2.45) is 0 Å². The quantitative estimate of drug-likeness (QED) is 0.221. The molecule has 3 fully saturated rings. The van der Waals surface area contributed by atoms with Crippen LogP contribution in [-0.4, -0.2) is 92.1 Å². The van der Waals surface area contributed by atoms with E-state index >= 15 is 0 Å². The van der Waals surface area contributed by atoms with Gasteiger partial charge in [-0.3, -0.25) is 4.90 Å². The van der Waals surface area contributed by atoms with E-state index in [0.717, 1.165) is 82.2 Å². The van der Waals surface area contributed by atoms with Gasteiger partial charge in [-0.15, -0.1) is 0 Å². The fourth-order valence-electron chi connectivity index (χ4n) is 9.72. The maximum atomic E-state index is 5.77. The zero-order chi connectivity index (χ0) is 35.9. The predicted molar refractivity (Wildman–Crippen MR) is 202 cm³/mol. The average Bonchev–Trinajstić information content (AvgIpc) is 2.98. The highest BCUT2D eigenvalue weighted by Crippen LogP contribution is 2.42. The number of anilines is 2. The van der Waals surface area contributed by atoms with Crippen LogP contribution in [0, 0.1) is 0 Å². The molecular weight excluding hydrogens is 596 g/mol. The van der Waals surface area contributed by atoms with Crippen LogP contribution in [-0.2, 0) is 10.2 Å². The molecule has 9 nitrogen and oxygen atoms in total. The maximum Gasteiger partial charge on any atom is 0.231 e. The zero-order valence-corrected chi connectivity index (χ0v) is 33.8. The van der Waals surface area contributed by atoms with Crippen LogP contribution in [0.1, 0.15) is 161 Å². The minimum absolute atomic E-state index is 0.00797. The van der Waals surface area contributed by atoms with E-state index < -0.39 is 0 Å².